The number of nitrogens with one attached hydrogen (secondary N) is 2. The molecule has 2 aliphatic heterocycles. The van der Waals surface area contributed by atoms with E-state index < -0.39 is 23.4 Å². The second-order valence-corrected chi connectivity index (χ2v) is 8.31. The van der Waals surface area contributed by atoms with E-state index in [9.17, 15) is 14.4 Å². The summed E-state index contributed by atoms with van der Waals surface area (Å²) < 4.78 is 11.4. The molecule has 2 aromatic carbocycles. The van der Waals surface area contributed by atoms with Gasteiger partial charge in [0.2, 0.25) is 5.91 Å². The lowest BCUT2D eigenvalue weighted by atomic mass is 9.84. The van der Waals surface area contributed by atoms with Gasteiger partial charge in [-0.25, -0.2) is 4.79 Å². The largest absolute Gasteiger partial charge is 0.493 e. The molecule has 4 amide bonds. The van der Waals surface area contributed by atoms with E-state index in [4.69, 9.17) is 20.8 Å². The highest BCUT2D eigenvalue weighted by atomic mass is 35.5. The first-order chi connectivity index (χ1) is 16.0. The minimum Gasteiger partial charge on any atom is -0.493 e. The molecule has 1 aromatic heterocycles. The van der Waals surface area contributed by atoms with Crippen LogP contribution in [0, 0.1) is 0 Å². The molecule has 9 heteroatoms. The number of fused-ring (bicyclic) bond motifs is 2. The molecule has 1 atom stereocenters. The Labute approximate surface area is 194 Å². The number of ether oxygens (including phenoxy) is 1. The van der Waals surface area contributed by atoms with E-state index in [1.165, 1.54) is 0 Å². The number of benzene rings is 2. The Balaban J connectivity index is 1.24. The van der Waals surface area contributed by atoms with Gasteiger partial charge in [0.1, 0.15) is 23.8 Å². The molecule has 1 fully saturated rings. The second-order valence-electron chi connectivity index (χ2n) is 7.87. The van der Waals surface area contributed by atoms with Crippen LogP contribution < -0.4 is 15.4 Å². The number of urea groups is 1. The lowest BCUT2D eigenvalue weighted by Crippen LogP contribution is -2.48. The summed E-state index contributed by atoms with van der Waals surface area (Å²) in [7, 11) is 0. The number of imide groups is 1. The molecule has 2 N–H and O–H groups in total. The van der Waals surface area contributed by atoms with Crippen LogP contribution in [0.25, 0.3) is 11.3 Å². The first kappa shape index (κ1) is 21.1. The summed E-state index contributed by atoms with van der Waals surface area (Å²) in [6.45, 7) is 0.0234. The molecular weight excluding hydrogens is 446 g/mol. The molecule has 0 bridgehead atoms. The van der Waals surface area contributed by atoms with Gasteiger partial charge in [0, 0.05) is 22.6 Å². The third-order valence-electron chi connectivity index (χ3n) is 5.81. The molecular formula is C24H20ClN3O5. The van der Waals surface area contributed by atoms with Crippen molar-refractivity contribution in [3.63, 3.8) is 0 Å². The quantitative estimate of drug-likeness (QED) is 0.562. The number of furan rings is 1. The Morgan fingerprint density at radius 3 is 2.70 bits per heavy atom. The maximum atomic E-state index is 13.2. The fourth-order valence-electron chi connectivity index (χ4n) is 4.14. The predicted molar refractivity (Wildman–Crippen MR) is 119 cm³/mol. The van der Waals surface area contributed by atoms with Crippen molar-refractivity contribution in [2.45, 2.75) is 18.5 Å². The van der Waals surface area contributed by atoms with Gasteiger partial charge in [0.25, 0.3) is 5.91 Å². The van der Waals surface area contributed by atoms with Crippen LogP contribution in [0.1, 0.15) is 17.7 Å². The summed E-state index contributed by atoms with van der Waals surface area (Å²) >= 11 is 5.91. The summed E-state index contributed by atoms with van der Waals surface area (Å²) in [6.07, 6.45) is 0.298. The number of hydrogen-bond acceptors (Lipinski definition) is 5. The number of rotatable bonds is 5. The van der Waals surface area contributed by atoms with Gasteiger partial charge in [0.15, 0.2) is 5.54 Å². The van der Waals surface area contributed by atoms with Gasteiger partial charge in [-0.15, -0.1) is 0 Å². The number of para-hydroxylation sites is 1. The standard InChI is InChI=1S/C24H20ClN3O5/c25-16-7-5-15(6-8-16)19-10-9-17(33-19)13-26-21(29)14-28-22(30)24(27-23(28)31)11-12-32-20-4-2-1-3-18(20)24/h1-10H,11-14H2,(H,26,29)(H,27,31)/t24-/m1/s1. The Morgan fingerprint density at radius 2 is 1.88 bits per heavy atom. The molecule has 8 nitrogen and oxygen atoms in total. The summed E-state index contributed by atoms with van der Waals surface area (Å²) in [4.78, 5) is 39.3. The fourth-order valence-corrected chi connectivity index (χ4v) is 4.27. The van der Waals surface area contributed by atoms with Gasteiger partial charge in [0.05, 0.1) is 13.2 Å². The molecule has 0 unspecified atom stereocenters. The van der Waals surface area contributed by atoms with E-state index in [0.717, 1.165) is 10.5 Å². The second kappa shape index (κ2) is 8.29. The number of hydrogen-bond donors (Lipinski definition) is 2. The molecule has 3 aromatic rings. The van der Waals surface area contributed by atoms with E-state index >= 15 is 0 Å². The van der Waals surface area contributed by atoms with Gasteiger partial charge in [-0.3, -0.25) is 14.5 Å². The smallest absolute Gasteiger partial charge is 0.325 e. The van der Waals surface area contributed by atoms with E-state index in [1.54, 1.807) is 48.5 Å². The predicted octanol–water partition coefficient (Wildman–Crippen LogP) is 3.45. The van der Waals surface area contributed by atoms with Gasteiger partial charge in [-0.1, -0.05) is 29.8 Å². The van der Waals surface area contributed by atoms with Crippen LogP contribution in [0.2, 0.25) is 5.02 Å². The van der Waals surface area contributed by atoms with Crippen LogP contribution in [0.5, 0.6) is 5.75 Å². The zero-order valence-electron chi connectivity index (χ0n) is 17.5. The van der Waals surface area contributed by atoms with E-state index in [-0.39, 0.29) is 19.7 Å². The Morgan fingerprint density at radius 1 is 1.09 bits per heavy atom. The number of nitrogens with zero attached hydrogens (tertiary/aromatic N) is 1. The number of amides is 4. The van der Waals surface area contributed by atoms with Gasteiger partial charge in [-0.05, 0) is 42.5 Å². The Bertz CT molecular complexity index is 1240. The van der Waals surface area contributed by atoms with Crippen molar-refractivity contribution >= 4 is 29.4 Å². The van der Waals surface area contributed by atoms with Crippen LogP contribution in [0.15, 0.2) is 65.1 Å². The zero-order valence-corrected chi connectivity index (χ0v) is 18.2. The summed E-state index contributed by atoms with van der Waals surface area (Å²) in [6, 6.07) is 17.3. The number of carbonyl (C=O) groups is 3. The molecule has 5 rings (SSSR count). The molecule has 3 heterocycles. The van der Waals surface area contributed by atoms with Gasteiger partial charge < -0.3 is 19.8 Å². The van der Waals surface area contributed by atoms with Crippen molar-refractivity contribution in [1.29, 1.82) is 0 Å². The molecule has 1 saturated heterocycles. The molecule has 2 aliphatic rings. The number of halogens is 1. The van der Waals surface area contributed by atoms with Crippen LogP contribution in [-0.4, -0.2) is 35.9 Å². The van der Waals surface area contributed by atoms with Crippen LogP contribution >= 0.6 is 11.6 Å². The molecule has 0 radical (unpaired) electrons. The summed E-state index contributed by atoms with van der Waals surface area (Å²) in [5.74, 6) is 0.810. The molecule has 168 valence electrons. The average molecular weight is 466 g/mol. The monoisotopic (exact) mass is 465 g/mol. The van der Waals surface area contributed by atoms with Crippen LogP contribution in [0.3, 0.4) is 0 Å². The third kappa shape index (κ3) is 3.82. The Kier molecular flexibility index (Phi) is 5.30. The minimum absolute atomic E-state index is 0.123. The normalized spacial score (nSPS) is 19.2. The highest BCUT2D eigenvalue weighted by molar-refractivity contribution is 6.30. The fraction of sp³-hybridized carbons (Fsp3) is 0.208. The Hall–Kier alpha value is -3.78. The first-order valence-electron chi connectivity index (χ1n) is 10.4. The van der Waals surface area contributed by atoms with Gasteiger partial charge in [-0.2, -0.15) is 0 Å². The average Bonchev–Trinajstić information content (AvgIpc) is 3.38. The van der Waals surface area contributed by atoms with E-state index in [2.05, 4.69) is 10.6 Å². The van der Waals surface area contributed by atoms with Crippen molar-refractivity contribution in [2.24, 2.45) is 0 Å². The first-order valence-corrected chi connectivity index (χ1v) is 10.8. The van der Waals surface area contributed by atoms with E-state index in [1.807, 2.05) is 12.1 Å². The summed E-state index contributed by atoms with van der Waals surface area (Å²) in [5.41, 5.74) is 0.252. The van der Waals surface area contributed by atoms with Crippen molar-refractivity contribution in [3.8, 4) is 17.1 Å². The number of carbonyl (C=O) groups excluding carboxylic acids is 3. The van der Waals surface area contributed by atoms with Crippen LogP contribution in [-0.2, 0) is 21.7 Å². The molecule has 0 aliphatic carbocycles. The zero-order chi connectivity index (χ0) is 23.0. The maximum absolute atomic E-state index is 13.2. The highest BCUT2D eigenvalue weighted by Crippen LogP contribution is 2.40. The molecule has 1 spiro atoms. The van der Waals surface area contributed by atoms with Crippen molar-refractivity contribution < 1.29 is 23.5 Å². The van der Waals surface area contributed by atoms with Crippen LogP contribution in [0.4, 0.5) is 4.79 Å². The lowest BCUT2D eigenvalue weighted by molar-refractivity contribution is -0.136. The van der Waals surface area contributed by atoms with E-state index in [0.29, 0.717) is 34.3 Å². The topological polar surface area (TPSA) is 101 Å². The lowest BCUT2D eigenvalue weighted by Gasteiger charge is -2.33. The highest BCUT2D eigenvalue weighted by Gasteiger charge is 2.55. The maximum Gasteiger partial charge on any atom is 0.325 e. The van der Waals surface area contributed by atoms with Crippen molar-refractivity contribution in [3.05, 3.63) is 77.0 Å². The van der Waals surface area contributed by atoms with Crippen molar-refractivity contribution in [2.75, 3.05) is 13.2 Å². The van der Waals surface area contributed by atoms with Gasteiger partial charge >= 0.3 is 6.03 Å². The third-order valence-corrected chi connectivity index (χ3v) is 6.06. The van der Waals surface area contributed by atoms with Crippen molar-refractivity contribution in [1.82, 2.24) is 15.5 Å². The SMILES string of the molecule is O=C(CN1C(=O)N[C@@]2(CCOc3ccccc32)C1=O)NCc1ccc(-c2ccc(Cl)cc2)o1. The summed E-state index contributed by atoms with van der Waals surface area (Å²) in [5, 5.41) is 6.11. The molecule has 0 saturated carbocycles. The molecule has 33 heavy (non-hydrogen) atoms. The minimum atomic E-state index is -1.21.